The number of methoxy groups -OCH3 is 1. The Hall–Kier alpha value is -1.09. The number of ether oxygens (including phenoxy) is 1. The predicted molar refractivity (Wildman–Crippen MR) is 49.8 cm³/mol. The maximum atomic E-state index is 13.2. The highest BCUT2D eigenvalue weighted by atomic mass is 19.1. The van der Waals surface area contributed by atoms with Crippen LogP contribution in [0, 0.1) is 12.9 Å². The molecule has 0 N–H and O–H groups in total. The summed E-state index contributed by atoms with van der Waals surface area (Å²) < 4.78 is 18.1. The maximum absolute atomic E-state index is 13.2. The molecule has 0 bridgehead atoms. The van der Waals surface area contributed by atoms with E-state index >= 15 is 0 Å². The van der Waals surface area contributed by atoms with E-state index in [0.29, 0.717) is 17.9 Å². The van der Waals surface area contributed by atoms with E-state index in [2.05, 4.69) is 7.05 Å². The van der Waals surface area contributed by atoms with E-state index in [4.69, 9.17) is 4.74 Å². The molecule has 0 aromatic heterocycles. The minimum Gasteiger partial charge on any atom is -0.497 e. The summed E-state index contributed by atoms with van der Waals surface area (Å²) in [6, 6.07) is 4.68. The van der Waals surface area contributed by atoms with Crippen LogP contribution in [0.15, 0.2) is 18.2 Å². The maximum Gasteiger partial charge on any atom is 0.127 e. The number of benzene rings is 1. The fraction of sp³-hybridized carbons (Fsp3) is 0.300. The molecule has 3 heteroatoms. The van der Waals surface area contributed by atoms with Gasteiger partial charge in [-0.25, -0.2) is 4.39 Å². The fourth-order valence-electron chi connectivity index (χ4n) is 1.09. The Balaban J connectivity index is 2.90. The lowest BCUT2D eigenvalue weighted by atomic mass is 10.2. The number of halogens is 1. The lowest BCUT2D eigenvalue weighted by molar-refractivity contribution is 0.404. The van der Waals surface area contributed by atoms with Gasteiger partial charge in [-0.1, -0.05) is 0 Å². The summed E-state index contributed by atoms with van der Waals surface area (Å²) in [5, 5.41) is 0. The van der Waals surface area contributed by atoms with E-state index in [0.717, 1.165) is 0 Å². The molecule has 13 heavy (non-hydrogen) atoms. The van der Waals surface area contributed by atoms with Crippen LogP contribution < -0.4 is 4.74 Å². The minimum atomic E-state index is -0.226. The van der Waals surface area contributed by atoms with Crippen molar-refractivity contribution in [3.63, 3.8) is 0 Å². The summed E-state index contributed by atoms with van der Waals surface area (Å²) in [5.41, 5.74) is 0.594. The molecule has 0 amide bonds. The van der Waals surface area contributed by atoms with Crippen molar-refractivity contribution in [1.82, 2.24) is 4.90 Å². The summed E-state index contributed by atoms with van der Waals surface area (Å²) in [6.07, 6.45) is 0. The Labute approximate surface area is 77.9 Å². The molecule has 0 saturated heterocycles. The zero-order valence-corrected chi connectivity index (χ0v) is 7.88. The molecule has 0 aliphatic carbocycles. The second-order valence-corrected chi connectivity index (χ2v) is 2.97. The smallest absolute Gasteiger partial charge is 0.127 e. The van der Waals surface area contributed by atoms with Crippen LogP contribution in [0.4, 0.5) is 4.39 Å². The molecule has 72 valence electrons. The molecule has 0 aliphatic rings. The van der Waals surface area contributed by atoms with Crippen molar-refractivity contribution in [1.29, 1.82) is 0 Å². The van der Waals surface area contributed by atoms with E-state index in [1.165, 1.54) is 6.07 Å². The number of nitrogens with zero attached hydrogens (tertiary/aromatic N) is 1. The molecule has 0 atom stereocenters. The molecule has 0 radical (unpaired) electrons. The largest absolute Gasteiger partial charge is 0.497 e. The molecule has 0 heterocycles. The van der Waals surface area contributed by atoms with Gasteiger partial charge in [-0.3, -0.25) is 7.05 Å². The quantitative estimate of drug-likeness (QED) is 0.663. The highest BCUT2D eigenvalue weighted by Crippen LogP contribution is 2.17. The first-order valence-electron chi connectivity index (χ1n) is 3.97. The molecule has 1 aromatic carbocycles. The van der Waals surface area contributed by atoms with Crippen molar-refractivity contribution in [2.75, 3.05) is 14.2 Å². The van der Waals surface area contributed by atoms with Crippen molar-refractivity contribution < 1.29 is 9.13 Å². The summed E-state index contributed by atoms with van der Waals surface area (Å²) in [7, 11) is 7.01. The van der Waals surface area contributed by atoms with E-state index in [9.17, 15) is 4.39 Å². The Bertz CT molecular complexity index is 286. The number of hydrogen-bond acceptors (Lipinski definition) is 2. The molecule has 0 aliphatic heterocycles. The van der Waals surface area contributed by atoms with Gasteiger partial charge in [0.2, 0.25) is 0 Å². The topological polar surface area (TPSA) is 12.5 Å². The van der Waals surface area contributed by atoms with Crippen molar-refractivity contribution in [3.8, 4) is 5.75 Å². The lowest BCUT2D eigenvalue weighted by Crippen LogP contribution is -2.09. The Morgan fingerprint density at radius 1 is 1.54 bits per heavy atom. The Kier molecular flexibility index (Phi) is 3.25. The third-order valence-corrected chi connectivity index (χ3v) is 1.69. The van der Waals surface area contributed by atoms with Gasteiger partial charge in [0, 0.05) is 5.56 Å². The van der Waals surface area contributed by atoms with Crippen molar-refractivity contribution in [2.45, 2.75) is 6.54 Å². The van der Waals surface area contributed by atoms with Gasteiger partial charge in [0.25, 0.3) is 0 Å². The summed E-state index contributed by atoms with van der Waals surface area (Å²) in [6.45, 7) is 0.475. The van der Waals surface area contributed by atoms with Crippen LogP contribution in [0.2, 0.25) is 0 Å². The Morgan fingerprint density at radius 2 is 2.23 bits per heavy atom. The summed E-state index contributed by atoms with van der Waals surface area (Å²) in [4.78, 5) is 1.66. The highest BCUT2D eigenvalue weighted by molar-refractivity contribution is 5.29. The van der Waals surface area contributed by atoms with E-state index < -0.39 is 0 Å². The third kappa shape index (κ3) is 2.70. The first-order chi connectivity index (χ1) is 6.13. The zero-order chi connectivity index (χ0) is 9.84. The zero-order valence-electron chi connectivity index (χ0n) is 7.88. The van der Waals surface area contributed by atoms with Crippen molar-refractivity contribution in [3.05, 3.63) is 36.6 Å². The fourth-order valence-corrected chi connectivity index (χ4v) is 1.09. The van der Waals surface area contributed by atoms with Crippen LogP contribution in [0.5, 0.6) is 5.75 Å². The normalized spacial score (nSPS) is 10.5. The summed E-state index contributed by atoms with van der Waals surface area (Å²) >= 11 is 0. The van der Waals surface area contributed by atoms with E-state index in [-0.39, 0.29) is 5.82 Å². The predicted octanol–water partition coefficient (Wildman–Crippen LogP) is 2.06. The van der Waals surface area contributed by atoms with Gasteiger partial charge < -0.3 is 9.64 Å². The van der Waals surface area contributed by atoms with Gasteiger partial charge in [-0.15, -0.1) is 0 Å². The van der Waals surface area contributed by atoms with Crippen LogP contribution >= 0.6 is 0 Å². The molecule has 0 spiro atoms. The third-order valence-electron chi connectivity index (χ3n) is 1.69. The van der Waals surface area contributed by atoms with Gasteiger partial charge >= 0.3 is 0 Å². The number of hydrogen-bond donors (Lipinski definition) is 0. The van der Waals surface area contributed by atoms with Gasteiger partial charge in [-0.05, 0) is 31.8 Å². The molecule has 1 rings (SSSR count). The van der Waals surface area contributed by atoms with Gasteiger partial charge in [0.05, 0.1) is 7.11 Å². The Morgan fingerprint density at radius 3 is 2.77 bits per heavy atom. The second-order valence-electron chi connectivity index (χ2n) is 2.97. The molecule has 2 nitrogen and oxygen atoms in total. The molecular weight excluding hydrogens is 169 g/mol. The molecule has 0 fully saturated rings. The molecule has 1 aromatic rings. The van der Waals surface area contributed by atoms with Crippen LogP contribution in [-0.4, -0.2) is 19.1 Å². The summed E-state index contributed by atoms with van der Waals surface area (Å²) in [5.74, 6) is 0.439. The molecule has 0 saturated carbocycles. The van der Waals surface area contributed by atoms with Crippen LogP contribution in [0.25, 0.3) is 0 Å². The van der Waals surface area contributed by atoms with Crippen LogP contribution in [-0.2, 0) is 6.54 Å². The number of rotatable bonds is 3. The van der Waals surface area contributed by atoms with E-state index in [1.54, 1.807) is 31.2 Å². The van der Waals surface area contributed by atoms with Crippen LogP contribution in [0.3, 0.4) is 0 Å². The van der Waals surface area contributed by atoms with Crippen molar-refractivity contribution >= 4 is 0 Å². The van der Waals surface area contributed by atoms with Gasteiger partial charge in [-0.2, -0.15) is 0 Å². The average Bonchev–Trinajstić information content (AvgIpc) is 2.08. The molecule has 0 unspecified atom stereocenters. The van der Waals surface area contributed by atoms with Gasteiger partial charge in [0.15, 0.2) is 0 Å². The SMILES string of the molecule is [CH2-]N(C)Cc1cc(OC)ccc1F. The minimum absolute atomic E-state index is 0.226. The molecular formula is C10H13FNO-. The first-order valence-corrected chi connectivity index (χ1v) is 3.97. The van der Waals surface area contributed by atoms with Gasteiger partial charge in [0.1, 0.15) is 11.6 Å². The second kappa shape index (κ2) is 4.23. The monoisotopic (exact) mass is 182 g/mol. The average molecular weight is 182 g/mol. The first kappa shape index (κ1) is 9.99. The lowest BCUT2D eigenvalue weighted by Gasteiger charge is -2.18. The highest BCUT2D eigenvalue weighted by Gasteiger charge is 2.02. The van der Waals surface area contributed by atoms with Crippen molar-refractivity contribution in [2.24, 2.45) is 0 Å². The van der Waals surface area contributed by atoms with Crippen LogP contribution in [0.1, 0.15) is 5.56 Å². The standard InChI is InChI=1S/C10H13FNO/c1-12(2)7-8-6-9(13-3)4-5-10(8)11/h4-6H,1,7H2,2-3H3/q-1. The van der Waals surface area contributed by atoms with E-state index in [1.807, 2.05) is 0 Å².